The van der Waals surface area contributed by atoms with Crippen molar-refractivity contribution < 1.29 is 0 Å². The SMILES string of the molecule is C1CCC(N[P+](NC2CCCCC2)(NC2CCCCC2)NC2CCCCC2)CC1. The molecular weight excluding hydrogens is 375 g/mol. The summed E-state index contributed by atoms with van der Waals surface area (Å²) in [7, 11) is -1.77. The van der Waals surface area contributed by atoms with Crippen LogP contribution in [0.1, 0.15) is 128 Å². The molecule has 0 radical (unpaired) electrons. The Morgan fingerprint density at radius 2 is 0.517 bits per heavy atom. The monoisotopic (exact) mass is 423 g/mol. The van der Waals surface area contributed by atoms with Crippen molar-refractivity contribution >= 4 is 7.87 Å². The standard InChI is InChI=1S/C24H48N4P/c1-5-13-21(14-6-1)25-29(26-22-15-7-2-8-16-22,27-23-17-9-3-10-18-23)28-24-19-11-4-12-20-24/h21-28H,1-20H2/q+1. The van der Waals surface area contributed by atoms with Crippen LogP contribution in [0.5, 0.6) is 0 Å². The number of nitrogens with one attached hydrogen (secondary N) is 4. The summed E-state index contributed by atoms with van der Waals surface area (Å²) in [5, 5.41) is 17.2. The summed E-state index contributed by atoms with van der Waals surface area (Å²) in [6.45, 7) is 0. The first kappa shape index (κ1) is 22.5. The molecule has 0 heterocycles. The van der Waals surface area contributed by atoms with Crippen LogP contribution in [0.15, 0.2) is 0 Å². The van der Waals surface area contributed by atoms with Crippen LogP contribution < -0.4 is 20.3 Å². The Labute approximate surface area is 181 Å². The molecule has 29 heavy (non-hydrogen) atoms. The third-order valence-electron chi connectivity index (χ3n) is 7.93. The van der Waals surface area contributed by atoms with E-state index in [0.717, 1.165) is 0 Å². The molecule has 4 fully saturated rings. The molecule has 5 heteroatoms. The van der Waals surface area contributed by atoms with Gasteiger partial charge < -0.3 is 0 Å². The van der Waals surface area contributed by atoms with E-state index in [-0.39, 0.29) is 0 Å². The van der Waals surface area contributed by atoms with Crippen molar-refractivity contribution in [2.45, 2.75) is 153 Å². The third-order valence-corrected chi connectivity index (χ3v) is 10.9. The van der Waals surface area contributed by atoms with Crippen molar-refractivity contribution in [3.63, 3.8) is 0 Å². The second-order valence-electron chi connectivity index (χ2n) is 10.5. The highest BCUT2D eigenvalue weighted by molar-refractivity contribution is 7.68. The fourth-order valence-electron chi connectivity index (χ4n) is 6.25. The highest BCUT2D eigenvalue weighted by atomic mass is 31.2. The van der Waals surface area contributed by atoms with Crippen LogP contribution >= 0.6 is 7.87 Å². The molecule has 4 nitrogen and oxygen atoms in total. The molecule has 0 unspecified atom stereocenters. The fraction of sp³-hybridized carbons (Fsp3) is 1.00. The average molecular weight is 424 g/mol. The molecule has 0 aliphatic heterocycles. The molecule has 0 bridgehead atoms. The molecule has 0 aromatic heterocycles. The van der Waals surface area contributed by atoms with Gasteiger partial charge in [0.25, 0.3) is 7.87 Å². The normalized spacial score (nSPS) is 27.3. The van der Waals surface area contributed by atoms with Gasteiger partial charge in [0, 0.05) is 24.2 Å². The number of rotatable bonds is 8. The summed E-state index contributed by atoms with van der Waals surface area (Å²) in [5.41, 5.74) is 0. The van der Waals surface area contributed by atoms with Crippen molar-refractivity contribution in [1.29, 1.82) is 0 Å². The molecule has 4 aliphatic rings. The van der Waals surface area contributed by atoms with E-state index in [9.17, 15) is 0 Å². The summed E-state index contributed by atoms with van der Waals surface area (Å²) < 4.78 is 0. The minimum Gasteiger partial charge on any atom is -0.143 e. The molecular formula is C24H48N4P+. The molecule has 4 N–H and O–H groups in total. The summed E-state index contributed by atoms with van der Waals surface area (Å²) in [6.07, 6.45) is 28.0. The van der Waals surface area contributed by atoms with Crippen molar-refractivity contribution in [1.82, 2.24) is 20.3 Å². The van der Waals surface area contributed by atoms with E-state index in [4.69, 9.17) is 0 Å². The Kier molecular flexibility index (Phi) is 9.11. The van der Waals surface area contributed by atoms with E-state index in [1.165, 1.54) is 128 Å². The van der Waals surface area contributed by atoms with Crippen LogP contribution in [-0.4, -0.2) is 24.2 Å². The van der Waals surface area contributed by atoms with E-state index in [0.29, 0.717) is 24.2 Å². The Morgan fingerprint density at radius 3 is 0.724 bits per heavy atom. The second-order valence-corrected chi connectivity index (χ2v) is 12.9. The molecule has 4 rings (SSSR count). The molecule has 4 saturated carbocycles. The lowest BCUT2D eigenvalue weighted by Crippen LogP contribution is -2.56. The van der Waals surface area contributed by atoms with E-state index >= 15 is 0 Å². The van der Waals surface area contributed by atoms with Gasteiger partial charge in [-0.15, -0.1) is 20.3 Å². The maximum absolute atomic E-state index is 4.29. The molecule has 0 aromatic rings. The van der Waals surface area contributed by atoms with Crippen LogP contribution in [0.25, 0.3) is 0 Å². The van der Waals surface area contributed by atoms with Gasteiger partial charge >= 0.3 is 0 Å². The van der Waals surface area contributed by atoms with Crippen LogP contribution in [0, 0.1) is 0 Å². The minimum atomic E-state index is -1.77. The van der Waals surface area contributed by atoms with Crippen LogP contribution in [0.4, 0.5) is 0 Å². The van der Waals surface area contributed by atoms with Gasteiger partial charge in [-0.3, -0.25) is 0 Å². The molecule has 0 aromatic carbocycles. The van der Waals surface area contributed by atoms with Crippen molar-refractivity contribution in [3.8, 4) is 0 Å². The maximum atomic E-state index is 4.29. The highest BCUT2D eigenvalue weighted by Crippen LogP contribution is 2.48. The lowest BCUT2D eigenvalue weighted by molar-refractivity contribution is 0.367. The first-order valence-electron chi connectivity index (χ1n) is 13.3. The van der Waals surface area contributed by atoms with Crippen molar-refractivity contribution in [2.24, 2.45) is 0 Å². The van der Waals surface area contributed by atoms with Crippen molar-refractivity contribution in [2.75, 3.05) is 0 Å². The molecule has 0 saturated heterocycles. The van der Waals surface area contributed by atoms with Gasteiger partial charge in [0.1, 0.15) is 0 Å². The highest BCUT2D eigenvalue weighted by Gasteiger charge is 2.47. The Morgan fingerprint density at radius 1 is 0.310 bits per heavy atom. The predicted molar refractivity (Wildman–Crippen MR) is 127 cm³/mol. The van der Waals surface area contributed by atoms with E-state index in [1.807, 2.05) is 0 Å². The zero-order valence-corrected chi connectivity index (χ0v) is 19.8. The third kappa shape index (κ3) is 7.14. The largest absolute Gasteiger partial charge is 0.299 e. The van der Waals surface area contributed by atoms with Crippen LogP contribution in [-0.2, 0) is 0 Å². The molecule has 0 atom stereocenters. The van der Waals surface area contributed by atoms with Gasteiger partial charge in [0.15, 0.2) is 0 Å². The van der Waals surface area contributed by atoms with Crippen LogP contribution in [0.2, 0.25) is 0 Å². The van der Waals surface area contributed by atoms with Crippen molar-refractivity contribution in [3.05, 3.63) is 0 Å². The fourth-order valence-corrected chi connectivity index (χ4v) is 9.92. The molecule has 0 spiro atoms. The first-order valence-corrected chi connectivity index (χ1v) is 15.1. The smallest absolute Gasteiger partial charge is 0.143 e. The Bertz CT molecular complexity index is 364. The van der Waals surface area contributed by atoms with Gasteiger partial charge in [-0.05, 0) is 51.4 Å². The quantitative estimate of drug-likeness (QED) is 0.343. The number of hydrogen-bond donors (Lipinski definition) is 4. The zero-order valence-electron chi connectivity index (χ0n) is 18.9. The summed E-state index contributed by atoms with van der Waals surface area (Å²) in [6, 6.07) is 2.78. The van der Waals surface area contributed by atoms with Crippen LogP contribution in [0.3, 0.4) is 0 Å². The Balaban J connectivity index is 1.51. The maximum Gasteiger partial charge on any atom is 0.299 e. The average Bonchev–Trinajstić information content (AvgIpc) is 2.76. The summed E-state index contributed by atoms with van der Waals surface area (Å²) in [4.78, 5) is 0. The van der Waals surface area contributed by atoms with E-state index in [2.05, 4.69) is 20.3 Å². The zero-order chi connectivity index (χ0) is 19.8. The lowest BCUT2D eigenvalue weighted by Gasteiger charge is -2.40. The minimum absolute atomic E-state index is 0.695. The summed E-state index contributed by atoms with van der Waals surface area (Å²) >= 11 is 0. The van der Waals surface area contributed by atoms with Gasteiger partial charge in [-0.25, -0.2) is 0 Å². The molecule has 168 valence electrons. The first-order chi connectivity index (χ1) is 14.3. The van der Waals surface area contributed by atoms with E-state index in [1.54, 1.807) is 0 Å². The predicted octanol–water partition coefficient (Wildman–Crippen LogP) is 6.35. The molecule has 0 amide bonds. The number of hydrogen-bond acceptors (Lipinski definition) is 4. The van der Waals surface area contributed by atoms with Gasteiger partial charge in [-0.1, -0.05) is 77.0 Å². The summed E-state index contributed by atoms with van der Waals surface area (Å²) in [5.74, 6) is 0. The second kappa shape index (κ2) is 11.8. The molecule has 4 aliphatic carbocycles. The Hall–Kier alpha value is 0.270. The van der Waals surface area contributed by atoms with Gasteiger partial charge in [-0.2, -0.15) is 0 Å². The van der Waals surface area contributed by atoms with Gasteiger partial charge in [0.2, 0.25) is 0 Å². The van der Waals surface area contributed by atoms with E-state index < -0.39 is 7.87 Å². The lowest BCUT2D eigenvalue weighted by atomic mass is 9.96. The van der Waals surface area contributed by atoms with Gasteiger partial charge in [0.05, 0.1) is 0 Å². The topological polar surface area (TPSA) is 48.1 Å².